The number of hydrogen-bond acceptors (Lipinski definition) is 5. The average Bonchev–Trinajstić information content (AvgIpc) is 2.60. The Hall–Kier alpha value is -2.47. The number of morpholine rings is 1. The van der Waals surface area contributed by atoms with Crippen molar-refractivity contribution in [2.24, 2.45) is 0 Å². The number of carbonyl (C=O) groups is 1. The number of nitrogens with zero attached hydrogens (tertiary/aromatic N) is 3. The number of aromatic nitrogens is 2. The van der Waals surface area contributed by atoms with Crippen LogP contribution in [0.15, 0.2) is 30.3 Å². The lowest BCUT2D eigenvalue weighted by molar-refractivity contribution is 0.0950. The second kappa shape index (κ2) is 7.40. The third-order valence-corrected chi connectivity index (χ3v) is 3.90. The first kappa shape index (κ1) is 16.4. The van der Waals surface area contributed by atoms with E-state index >= 15 is 0 Å². The molecule has 0 spiro atoms. The van der Waals surface area contributed by atoms with Crippen LogP contribution in [-0.4, -0.2) is 42.2 Å². The van der Waals surface area contributed by atoms with E-state index < -0.39 is 0 Å². The van der Waals surface area contributed by atoms with Gasteiger partial charge in [-0.15, -0.1) is 0 Å². The summed E-state index contributed by atoms with van der Waals surface area (Å²) in [4.78, 5) is 23.5. The van der Waals surface area contributed by atoms with E-state index in [1.807, 2.05) is 44.2 Å². The highest BCUT2D eigenvalue weighted by molar-refractivity contribution is 5.94. The van der Waals surface area contributed by atoms with Gasteiger partial charge in [0.1, 0.15) is 0 Å². The summed E-state index contributed by atoms with van der Waals surface area (Å²) in [5.74, 6) is 0.612. The molecule has 126 valence electrons. The van der Waals surface area contributed by atoms with Crippen molar-refractivity contribution in [1.82, 2.24) is 15.3 Å². The average molecular weight is 326 g/mol. The van der Waals surface area contributed by atoms with E-state index in [-0.39, 0.29) is 5.91 Å². The minimum absolute atomic E-state index is 0.0945. The van der Waals surface area contributed by atoms with E-state index in [2.05, 4.69) is 20.2 Å². The highest BCUT2D eigenvalue weighted by atomic mass is 16.5. The first-order valence-electron chi connectivity index (χ1n) is 8.14. The zero-order chi connectivity index (χ0) is 16.9. The number of aryl methyl sites for hydroxylation is 2. The molecule has 0 radical (unpaired) electrons. The van der Waals surface area contributed by atoms with Gasteiger partial charge in [-0.1, -0.05) is 17.7 Å². The lowest BCUT2D eigenvalue weighted by Crippen LogP contribution is -2.37. The Morgan fingerprint density at radius 1 is 1.21 bits per heavy atom. The van der Waals surface area contributed by atoms with Gasteiger partial charge in [0.05, 0.1) is 25.5 Å². The summed E-state index contributed by atoms with van der Waals surface area (Å²) >= 11 is 0. The topological polar surface area (TPSA) is 67.4 Å². The summed E-state index contributed by atoms with van der Waals surface area (Å²) in [5.41, 5.74) is 3.43. The molecule has 24 heavy (non-hydrogen) atoms. The van der Waals surface area contributed by atoms with E-state index in [1.54, 1.807) is 0 Å². The molecule has 1 aliphatic rings. The third kappa shape index (κ3) is 4.08. The van der Waals surface area contributed by atoms with Crippen molar-refractivity contribution in [3.8, 4) is 0 Å². The van der Waals surface area contributed by atoms with Crippen molar-refractivity contribution >= 4 is 11.9 Å². The van der Waals surface area contributed by atoms with Gasteiger partial charge in [-0.05, 0) is 32.0 Å². The first-order chi connectivity index (χ1) is 11.6. The van der Waals surface area contributed by atoms with Crippen LogP contribution in [-0.2, 0) is 11.3 Å². The van der Waals surface area contributed by atoms with Gasteiger partial charge in [0, 0.05) is 24.3 Å². The van der Waals surface area contributed by atoms with Gasteiger partial charge in [-0.25, -0.2) is 9.97 Å². The highest BCUT2D eigenvalue weighted by Gasteiger charge is 2.15. The lowest BCUT2D eigenvalue weighted by Gasteiger charge is -2.27. The smallest absolute Gasteiger partial charge is 0.251 e. The summed E-state index contributed by atoms with van der Waals surface area (Å²) in [6.07, 6.45) is 0. The molecule has 2 heterocycles. The van der Waals surface area contributed by atoms with Crippen LogP contribution < -0.4 is 10.2 Å². The maximum Gasteiger partial charge on any atom is 0.251 e. The highest BCUT2D eigenvalue weighted by Crippen LogP contribution is 2.12. The molecule has 1 saturated heterocycles. The third-order valence-electron chi connectivity index (χ3n) is 3.90. The molecule has 1 aromatic heterocycles. The molecule has 1 amide bonds. The number of anilines is 1. The molecule has 1 N–H and O–H groups in total. The molecule has 2 aromatic rings. The fraction of sp³-hybridized carbons (Fsp3) is 0.389. The minimum Gasteiger partial charge on any atom is -0.378 e. The molecule has 1 aromatic carbocycles. The lowest BCUT2D eigenvalue weighted by atomic mass is 10.1. The van der Waals surface area contributed by atoms with Gasteiger partial charge in [-0.2, -0.15) is 0 Å². The standard InChI is InChI=1S/C18H22N4O2/c1-13-4-3-5-15(10-13)17(23)19-12-16-11-14(2)20-18(21-16)22-6-8-24-9-7-22/h3-5,10-11H,6-9,12H2,1-2H3,(H,19,23). The molecule has 6 nitrogen and oxygen atoms in total. The summed E-state index contributed by atoms with van der Waals surface area (Å²) in [6.45, 7) is 7.26. The second-order valence-corrected chi connectivity index (χ2v) is 5.95. The second-order valence-electron chi connectivity index (χ2n) is 5.95. The molecule has 0 atom stereocenters. The van der Waals surface area contributed by atoms with Crippen molar-refractivity contribution in [2.75, 3.05) is 31.2 Å². The Balaban J connectivity index is 1.68. The maximum atomic E-state index is 12.3. The number of amides is 1. The van der Waals surface area contributed by atoms with Gasteiger partial charge in [0.15, 0.2) is 0 Å². The van der Waals surface area contributed by atoms with Crippen LogP contribution >= 0.6 is 0 Å². The van der Waals surface area contributed by atoms with E-state index in [4.69, 9.17) is 4.74 Å². The molecule has 0 aliphatic carbocycles. The molecule has 1 aliphatic heterocycles. The number of rotatable bonds is 4. The van der Waals surface area contributed by atoms with Gasteiger partial charge < -0.3 is 15.0 Å². The number of nitrogens with one attached hydrogen (secondary N) is 1. The van der Waals surface area contributed by atoms with Crippen LogP contribution in [0.5, 0.6) is 0 Å². The molecule has 3 rings (SSSR count). The minimum atomic E-state index is -0.0945. The first-order valence-corrected chi connectivity index (χ1v) is 8.14. The van der Waals surface area contributed by atoms with Crippen molar-refractivity contribution in [1.29, 1.82) is 0 Å². The number of carbonyl (C=O) groups excluding carboxylic acids is 1. The molecule has 0 saturated carbocycles. The largest absolute Gasteiger partial charge is 0.378 e. The molecule has 1 fully saturated rings. The summed E-state index contributed by atoms with van der Waals surface area (Å²) < 4.78 is 5.37. The fourth-order valence-electron chi connectivity index (χ4n) is 2.67. The van der Waals surface area contributed by atoms with Crippen LogP contribution in [0, 0.1) is 13.8 Å². The van der Waals surface area contributed by atoms with E-state index in [9.17, 15) is 4.79 Å². The Bertz CT molecular complexity index is 727. The summed E-state index contributed by atoms with van der Waals surface area (Å²) in [7, 11) is 0. The Morgan fingerprint density at radius 2 is 2.00 bits per heavy atom. The van der Waals surface area contributed by atoms with Crippen molar-refractivity contribution in [3.05, 3.63) is 52.8 Å². The van der Waals surface area contributed by atoms with Crippen molar-refractivity contribution in [2.45, 2.75) is 20.4 Å². The quantitative estimate of drug-likeness (QED) is 0.929. The number of ether oxygens (including phenoxy) is 1. The predicted octanol–water partition coefficient (Wildman–Crippen LogP) is 1.86. The molecular weight excluding hydrogens is 304 g/mol. The monoisotopic (exact) mass is 326 g/mol. The van der Waals surface area contributed by atoms with Crippen molar-refractivity contribution < 1.29 is 9.53 Å². The van der Waals surface area contributed by atoms with Crippen LogP contribution in [0.2, 0.25) is 0 Å². The van der Waals surface area contributed by atoms with E-state index in [1.165, 1.54) is 0 Å². The Kier molecular flexibility index (Phi) is 5.05. The molecule has 6 heteroatoms. The zero-order valence-electron chi connectivity index (χ0n) is 14.1. The van der Waals surface area contributed by atoms with Crippen LogP contribution in [0.1, 0.15) is 27.3 Å². The Labute approximate surface area is 141 Å². The van der Waals surface area contributed by atoms with E-state index in [0.29, 0.717) is 31.3 Å². The Morgan fingerprint density at radius 3 is 2.75 bits per heavy atom. The van der Waals surface area contributed by atoms with Crippen LogP contribution in [0.3, 0.4) is 0 Å². The van der Waals surface area contributed by atoms with E-state index in [0.717, 1.165) is 30.0 Å². The van der Waals surface area contributed by atoms with Gasteiger partial charge in [0.2, 0.25) is 5.95 Å². The summed E-state index contributed by atoms with van der Waals surface area (Å²) in [6, 6.07) is 9.45. The molecule has 0 bridgehead atoms. The van der Waals surface area contributed by atoms with Gasteiger partial charge in [0.25, 0.3) is 5.91 Å². The van der Waals surface area contributed by atoms with Crippen LogP contribution in [0.4, 0.5) is 5.95 Å². The van der Waals surface area contributed by atoms with Gasteiger partial charge >= 0.3 is 0 Å². The summed E-state index contributed by atoms with van der Waals surface area (Å²) in [5, 5.41) is 2.93. The van der Waals surface area contributed by atoms with Gasteiger partial charge in [-0.3, -0.25) is 4.79 Å². The zero-order valence-corrected chi connectivity index (χ0v) is 14.1. The van der Waals surface area contributed by atoms with Crippen LogP contribution in [0.25, 0.3) is 0 Å². The molecular formula is C18H22N4O2. The maximum absolute atomic E-state index is 12.3. The van der Waals surface area contributed by atoms with Crippen molar-refractivity contribution in [3.63, 3.8) is 0 Å². The SMILES string of the molecule is Cc1cccc(C(=O)NCc2cc(C)nc(N3CCOCC3)n2)c1. The number of hydrogen-bond donors (Lipinski definition) is 1. The normalized spacial score (nSPS) is 14.5. The number of benzene rings is 1. The fourth-order valence-corrected chi connectivity index (χ4v) is 2.67. The predicted molar refractivity (Wildman–Crippen MR) is 92.2 cm³/mol. The molecule has 0 unspecified atom stereocenters.